The van der Waals surface area contributed by atoms with E-state index < -0.39 is 0 Å². The molecule has 0 saturated heterocycles. The van der Waals surface area contributed by atoms with E-state index in [0.717, 1.165) is 12.8 Å². The molecule has 0 radical (unpaired) electrons. The molecule has 0 aromatic rings. The number of carbonyl (C=O) groups excluding carboxylic acids is 1. The van der Waals surface area contributed by atoms with Gasteiger partial charge in [-0.3, -0.25) is 4.79 Å². The van der Waals surface area contributed by atoms with Crippen LogP contribution in [0.3, 0.4) is 0 Å². The molecule has 1 unspecified atom stereocenters. The van der Waals surface area contributed by atoms with Gasteiger partial charge in [0.15, 0.2) is 0 Å². The van der Waals surface area contributed by atoms with Gasteiger partial charge in [0.05, 0.1) is 5.41 Å². The Morgan fingerprint density at radius 1 is 1.46 bits per heavy atom. The van der Waals surface area contributed by atoms with Crippen molar-refractivity contribution in [3.63, 3.8) is 0 Å². The average Bonchev–Trinajstić information content (AvgIpc) is 2.84. The van der Waals surface area contributed by atoms with Crippen LogP contribution in [0.25, 0.3) is 0 Å². The van der Waals surface area contributed by atoms with Crippen LogP contribution in [0.5, 0.6) is 0 Å². The summed E-state index contributed by atoms with van der Waals surface area (Å²) in [6.45, 7) is 6.73. The zero-order valence-corrected chi connectivity index (χ0v) is 8.76. The second-order valence-electron chi connectivity index (χ2n) is 4.49. The Bertz CT molecular complexity index is 197. The number of nitrogens with two attached hydrogens (primary N) is 1. The van der Waals surface area contributed by atoms with Crippen molar-refractivity contribution in [1.29, 1.82) is 0 Å². The van der Waals surface area contributed by atoms with Gasteiger partial charge in [-0.05, 0) is 25.7 Å². The standard InChI is InChI=1S/C10H20N2O/c1-7(2)8(3)12-9(13)10(6-11)4-5-10/h7-8H,4-6,11H2,1-3H3,(H,12,13). The van der Waals surface area contributed by atoms with Crippen molar-refractivity contribution in [2.24, 2.45) is 17.1 Å². The first-order valence-electron chi connectivity index (χ1n) is 5.03. The van der Waals surface area contributed by atoms with E-state index in [1.165, 1.54) is 0 Å². The molecule has 3 N–H and O–H groups in total. The fourth-order valence-corrected chi connectivity index (χ4v) is 1.20. The minimum Gasteiger partial charge on any atom is -0.353 e. The molecule has 1 fully saturated rings. The SMILES string of the molecule is CC(C)C(C)NC(=O)C1(CN)CC1. The maximum Gasteiger partial charge on any atom is 0.227 e. The zero-order valence-electron chi connectivity index (χ0n) is 8.76. The van der Waals surface area contributed by atoms with Crippen molar-refractivity contribution in [3.05, 3.63) is 0 Å². The second kappa shape index (κ2) is 3.66. The van der Waals surface area contributed by atoms with Gasteiger partial charge in [0, 0.05) is 12.6 Å². The molecular formula is C10H20N2O. The van der Waals surface area contributed by atoms with E-state index in [4.69, 9.17) is 5.73 Å². The summed E-state index contributed by atoms with van der Waals surface area (Å²) in [5.74, 6) is 0.633. The van der Waals surface area contributed by atoms with E-state index in [1.54, 1.807) is 0 Å². The van der Waals surface area contributed by atoms with Crippen LogP contribution in [-0.2, 0) is 4.79 Å². The highest BCUT2D eigenvalue weighted by Crippen LogP contribution is 2.44. The molecule has 0 aromatic heterocycles. The molecule has 0 heterocycles. The Hall–Kier alpha value is -0.570. The third kappa shape index (κ3) is 2.21. The second-order valence-corrected chi connectivity index (χ2v) is 4.49. The molecule has 1 rings (SSSR count). The maximum absolute atomic E-state index is 11.7. The largest absolute Gasteiger partial charge is 0.353 e. The first-order chi connectivity index (χ1) is 6.02. The van der Waals surface area contributed by atoms with E-state index in [9.17, 15) is 4.79 Å². The van der Waals surface area contributed by atoms with Gasteiger partial charge < -0.3 is 11.1 Å². The number of amides is 1. The lowest BCUT2D eigenvalue weighted by molar-refractivity contribution is -0.126. The molecule has 13 heavy (non-hydrogen) atoms. The summed E-state index contributed by atoms with van der Waals surface area (Å²) in [5, 5.41) is 3.01. The molecular weight excluding hydrogens is 164 g/mol. The van der Waals surface area contributed by atoms with Crippen molar-refractivity contribution in [2.75, 3.05) is 6.54 Å². The van der Waals surface area contributed by atoms with E-state index in [-0.39, 0.29) is 17.4 Å². The predicted molar refractivity (Wildman–Crippen MR) is 53.2 cm³/mol. The van der Waals surface area contributed by atoms with Crippen molar-refractivity contribution >= 4 is 5.91 Å². The van der Waals surface area contributed by atoms with Gasteiger partial charge in [0.1, 0.15) is 0 Å². The Balaban J connectivity index is 2.41. The highest BCUT2D eigenvalue weighted by Gasteiger charge is 2.48. The summed E-state index contributed by atoms with van der Waals surface area (Å²) in [6.07, 6.45) is 1.92. The highest BCUT2D eigenvalue weighted by molar-refractivity contribution is 5.85. The minimum absolute atomic E-state index is 0.149. The van der Waals surface area contributed by atoms with E-state index in [2.05, 4.69) is 19.2 Å². The quantitative estimate of drug-likeness (QED) is 0.681. The number of hydrogen-bond acceptors (Lipinski definition) is 2. The first-order valence-corrected chi connectivity index (χ1v) is 5.03. The van der Waals surface area contributed by atoms with Crippen LogP contribution >= 0.6 is 0 Å². The van der Waals surface area contributed by atoms with Crippen molar-refractivity contribution < 1.29 is 4.79 Å². The zero-order chi connectivity index (χ0) is 10.1. The third-order valence-electron chi connectivity index (χ3n) is 3.08. The fourth-order valence-electron chi connectivity index (χ4n) is 1.20. The van der Waals surface area contributed by atoms with Gasteiger partial charge in [-0.25, -0.2) is 0 Å². The lowest BCUT2D eigenvalue weighted by Gasteiger charge is -2.21. The third-order valence-corrected chi connectivity index (χ3v) is 3.08. The highest BCUT2D eigenvalue weighted by atomic mass is 16.2. The van der Waals surface area contributed by atoms with Crippen LogP contribution in [0.4, 0.5) is 0 Å². The number of rotatable bonds is 4. The normalized spacial score (nSPS) is 21.3. The summed E-state index contributed by atoms with van der Waals surface area (Å²) in [7, 11) is 0. The van der Waals surface area contributed by atoms with Crippen LogP contribution in [-0.4, -0.2) is 18.5 Å². The molecule has 1 saturated carbocycles. The molecule has 0 bridgehead atoms. The van der Waals surface area contributed by atoms with Crippen molar-refractivity contribution in [1.82, 2.24) is 5.32 Å². The van der Waals surface area contributed by atoms with Gasteiger partial charge in [-0.15, -0.1) is 0 Å². The number of hydrogen-bond donors (Lipinski definition) is 2. The Labute approximate surface area is 80.1 Å². The van der Waals surface area contributed by atoms with Crippen LogP contribution in [0, 0.1) is 11.3 Å². The molecule has 0 aromatic carbocycles. The summed E-state index contributed by atoms with van der Waals surface area (Å²) in [4.78, 5) is 11.7. The van der Waals surface area contributed by atoms with E-state index in [0.29, 0.717) is 12.5 Å². The van der Waals surface area contributed by atoms with E-state index >= 15 is 0 Å². The van der Waals surface area contributed by atoms with Crippen LogP contribution in [0.1, 0.15) is 33.6 Å². The molecule has 1 aliphatic rings. The fraction of sp³-hybridized carbons (Fsp3) is 0.900. The maximum atomic E-state index is 11.7. The molecule has 1 aliphatic carbocycles. The lowest BCUT2D eigenvalue weighted by atomic mass is 10.0. The summed E-state index contributed by atoms with van der Waals surface area (Å²) < 4.78 is 0. The molecule has 3 heteroatoms. The van der Waals surface area contributed by atoms with Crippen LogP contribution in [0.2, 0.25) is 0 Å². The number of carbonyl (C=O) groups is 1. The lowest BCUT2D eigenvalue weighted by Crippen LogP contribution is -2.43. The molecule has 3 nitrogen and oxygen atoms in total. The first kappa shape index (κ1) is 10.5. The average molecular weight is 184 g/mol. The summed E-state index contributed by atoms with van der Waals surface area (Å²) >= 11 is 0. The molecule has 1 amide bonds. The predicted octanol–water partition coefficient (Wildman–Crippen LogP) is 0.886. The van der Waals surface area contributed by atoms with Crippen LogP contribution < -0.4 is 11.1 Å². The number of nitrogens with one attached hydrogen (secondary N) is 1. The van der Waals surface area contributed by atoms with Gasteiger partial charge in [0.25, 0.3) is 0 Å². The minimum atomic E-state index is -0.205. The topological polar surface area (TPSA) is 55.1 Å². The van der Waals surface area contributed by atoms with Gasteiger partial charge in [0.2, 0.25) is 5.91 Å². The molecule has 0 aliphatic heterocycles. The molecule has 76 valence electrons. The van der Waals surface area contributed by atoms with E-state index in [1.807, 2.05) is 6.92 Å². The smallest absolute Gasteiger partial charge is 0.227 e. The van der Waals surface area contributed by atoms with Gasteiger partial charge in [-0.1, -0.05) is 13.8 Å². The molecule has 0 spiro atoms. The Morgan fingerprint density at radius 2 is 2.00 bits per heavy atom. The summed E-state index contributed by atoms with van der Waals surface area (Å²) in [5.41, 5.74) is 5.36. The Kier molecular flexibility index (Phi) is 2.96. The van der Waals surface area contributed by atoms with Crippen molar-refractivity contribution in [3.8, 4) is 0 Å². The Morgan fingerprint density at radius 3 is 2.31 bits per heavy atom. The van der Waals surface area contributed by atoms with Gasteiger partial charge >= 0.3 is 0 Å². The van der Waals surface area contributed by atoms with Crippen LogP contribution in [0.15, 0.2) is 0 Å². The van der Waals surface area contributed by atoms with Crippen molar-refractivity contribution in [2.45, 2.75) is 39.7 Å². The monoisotopic (exact) mass is 184 g/mol. The van der Waals surface area contributed by atoms with Gasteiger partial charge in [-0.2, -0.15) is 0 Å². The molecule has 1 atom stereocenters. The summed E-state index contributed by atoms with van der Waals surface area (Å²) in [6, 6.07) is 0.247.